The van der Waals surface area contributed by atoms with Crippen molar-refractivity contribution in [3.05, 3.63) is 21.7 Å². The van der Waals surface area contributed by atoms with E-state index in [0.717, 1.165) is 19.0 Å². The van der Waals surface area contributed by atoms with E-state index in [1.54, 1.807) is 0 Å². The summed E-state index contributed by atoms with van der Waals surface area (Å²) in [4.78, 5) is 12.3. The van der Waals surface area contributed by atoms with Gasteiger partial charge in [0.15, 0.2) is 17.3 Å². The third kappa shape index (κ3) is 3.98. The molecule has 0 aromatic heterocycles. The lowest BCUT2D eigenvalue weighted by Gasteiger charge is -2.15. The number of carbonyl (C=O) groups is 1. The van der Waals surface area contributed by atoms with Crippen molar-refractivity contribution in [2.45, 2.75) is 19.3 Å². The Morgan fingerprint density at radius 1 is 1.16 bits per heavy atom. The second-order valence-corrected chi connectivity index (χ2v) is 5.34. The van der Waals surface area contributed by atoms with Crippen molar-refractivity contribution >= 4 is 38.2 Å². The molecule has 0 fully saturated rings. The Balaban J connectivity index is 3.18. The fourth-order valence-corrected chi connectivity index (χ4v) is 2.70. The summed E-state index contributed by atoms with van der Waals surface area (Å²) >= 11 is 12.1. The van der Waals surface area contributed by atoms with E-state index in [2.05, 4.69) is 9.24 Å². The number of halogens is 2. The minimum Gasteiger partial charge on any atom is -0.494 e. The highest BCUT2D eigenvalue weighted by molar-refractivity contribution is 7.16. The number of Topliss-reactive ketones (excluding diaryl/α,β-unsaturated/α-hetero) is 1. The van der Waals surface area contributed by atoms with Crippen molar-refractivity contribution in [1.29, 1.82) is 0 Å². The molecule has 0 aliphatic carbocycles. The van der Waals surface area contributed by atoms with Gasteiger partial charge in [-0.2, -0.15) is 0 Å². The monoisotopic (exact) mass is 322 g/mol. The lowest BCUT2D eigenvalue weighted by molar-refractivity contribution is 0.0974. The van der Waals surface area contributed by atoms with Gasteiger partial charge < -0.3 is 9.47 Å². The summed E-state index contributed by atoms with van der Waals surface area (Å²) in [5.41, 5.74) is 0.325. The summed E-state index contributed by atoms with van der Waals surface area (Å²) in [6.45, 7) is 0. The Morgan fingerprint density at radius 3 is 2.11 bits per heavy atom. The molecule has 0 spiro atoms. The van der Waals surface area contributed by atoms with E-state index >= 15 is 0 Å². The molecule has 1 rings (SSSR count). The number of hydrogen-bond donors (Lipinski definition) is 0. The minimum atomic E-state index is -0.0726. The molecule has 0 bridgehead atoms. The smallest absolute Gasteiger partial charge is 0.170 e. The average molecular weight is 323 g/mol. The first-order valence-electron chi connectivity index (χ1n) is 5.90. The van der Waals surface area contributed by atoms with Crippen LogP contribution in [0.1, 0.15) is 29.6 Å². The highest BCUT2D eigenvalue weighted by atomic mass is 35.5. The third-order valence-corrected chi connectivity index (χ3v) is 3.66. The number of unbranched alkanes of at least 4 members (excludes halogenated alkanes) is 1. The molecule has 0 amide bonds. The van der Waals surface area contributed by atoms with Crippen LogP contribution in [0.15, 0.2) is 6.07 Å². The van der Waals surface area contributed by atoms with Crippen LogP contribution in [-0.2, 0) is 0 Å². The summed E-state index contributed by atoms with van der Waals surface area (Å²) < 4.78 is 10.4. The topological polar surface area (TPSA) is 35.5 Å². The van der Waals surface area contributed by atoms with Crippen molar-refractivity contribution in [1.82, 2.24) is 0 Å². The van der Waals surface area contributed by atoms with Gasteiger partial charge in [-0.1, -0.05) is 23.2 Å². The molecule has 0 saturated heterocycles. The summed E-state index contributed by atoms with van der Waals surface area (Å²) in [6.07, 6.45) is 3.16. The molecule has 0 aliphatic heterocycles. The maximum absolute atomic E-state index is 12.3. The Morgan fingerprint density at radius 2 is 1.68 bits per heavy atom. The molecule has 0 heterocycles. The van der Waals surface area contributed by atoms with Gasteiger partial charge in [0.25, 0.3) is 0 Å². The number of rotatable bonds is 7. The van der Waals surface area contributed by atoms with E-state index in [1.165, 1.54) is 20.3 Å². The minimum absolute atomic E-state index is 0.0726. The van der Waals surface area contributed by atoms with Crippen LogP contribution in [0.4, 0.5) is 0 Å². The molecule has 1 unspecified atom stereocenters. The predicted molar refractivity (Wildman–Crippen MR) is 82.3 cm³/mol. The lowest BCUT2D eigenvalue weighted by Crippen LogP contribution is -2.06. The first kappa shape index (κ1) is 16.6. The van der Waals surface area contributed by atoms with Crippen LogP contribution in [0.2, 0.25) is 10.0 Å². The Hall–Kier alpha value is -0.500. The largest absolute Gasteiger partial charge is 0.494 e. The summed E-state index contributed by atoms with van der Waals surface area (Å²) in [7, 11) is 5.57. The molecule has 19 heavy (non-hydrogen) atoms. The lowest BCUT2D eigenvalue weighted by atomic mass is 10.0. The highest BCUT2D eigenvalue weighted by Crippen LogP contribution is 2.41. The van der Waals surface area contributed by atoms with E-state index in [0.29, 0.717) is 33.5 Å². The van der Waals surface area contributed by atoms with E-state index in [9.17, 15) is 4.79 Å². The van der Waals surface area contributed by atoms with Crippen LogP contribution < -0.4 is 9.47 Å². The summed E-state index contributed by atoms with van der Waals surface area (Å²) in [5, 5.41) is 0.616. The molecule has 0 radical (unpaired) electrons. The second kappa shape index (κ2) is 7.94. The molecular formula is C13H17Cl2O3P. The Kier molecular flexibility index (Phi) is 6.92. The van der Waals surface area contributed by atoms with Gasteiger partial charge in [0.2, 0.25) is 0 Å². The molecule has 0 saturated carbocycles. The first-order valence-corrected chi connectivity index (χ1v) is 7.47. The van der Waals surface area contributed by atoms with Crippen molar-refractivity contribution in [2.75, 3.05) is 20.4 Å². The first-order chi connectivity index (χ1) is 9.06. The SMILES string of the molecule is COc1c(Cl)cc(Cl)c(OC)c1C(=O)CCCCP. The molecule has 0 N–H and O–H groups in total. The zero-order valence-corrected chi connectivity index (χ0v) is 13.6. The zero-order valence-electron chi connectivity index (χ0n) is 11.0. The van der Waals surface area contributed by atoms with Crippen LogP contribution in [0.3, 0.4) is 0 Å². The number of benzene rings is 1. The molecule has 6 heteroatoms. The van der Waals surface area contributed by atoms with Gasteiger partial charge in [0.05, 0.1) is 24.3 Å². The van der Waals surface area contributed by atoms with E-state index in [1.807, 2.05) is 0 Å². The normalized spacial score (nSPS) is 10.4. The van der Waals surface area contributed by atoms with Crippen LogP contribution in [0, 0.1) is 0 Å². The fraction of sp³-hybridized carbons (Fsp3) is 0.462. The number of ketones is 1. The maximum atomic E-state index is 12.3. The summed E-state index contributed by atoms with van der Waals surface area (Å²) in [5.74, 6) is 0.564. The van der Waals surface area contributed by atoms with Crippen LogP contribution >= 0.6 is 32.4 Å². The molecule has 3 nitrogen and oxygen atoms in total. The number of ether oxygens (including phenoxy) is 2. The van der Waals surface area contributed by atoms with E-state index < -0.39 is 0 Å². The van der Waals surface area contributed by atoms with Gasteiger partial charge in [0.1, 0.15) is 5.56 Å². The van der Waals surface area contributed by atoms with Gasteiger partial charge in [-0.05, 0) is 25.1 Å². The van der Waals surface area contributed by atoms with Gasteiger partial charge in [-0.25, -0.2) is 0 Å². The molecule has 1 aromatic rings. The second-order valence-electron chi connectivity index (χ2n) is 3.95. The average Bonchev–Trinajstić information content (AvgIpc) is 2.38. The number of methoxy groups -OCH3 is 2. The van der Waals surface area contributed by atoms with Crippen molar-refractivity contribution in [2.24, 2.45) is 0 Å². The fourth-order valence-electron chi connectivity index (χ4n) is 1.79. The van der Waals surface area contributed by atoms with E-state index in [4.69, 9.17) is 32.7 Å². The molecule has 1 aromatic carbocycles. The quantitative estimate of drug-likeness (QED) is 0.428. The van der Waals surface area contributed by atoms with Crippen LogP contribution in [-0.4, -0.2) is 26.2 Å². The number of hydrogen-bond acceptors (Lipinski definition) is 3. The van der Waals surface area contributed by atoms with E-state index in [-0.39, 0.29) is 5.78 Å². The van der Waals surface area contributed by atoms with Gasteiger partial charge in [-0.15, -0.1) is 9.24 Å². The molecular weight excluding hydrogens is 306 g/mol. The van der Waals surface area contributed by atoms with Gasteiger partial charge in [-0.3, -0.25) is 4.79 Å². The molecule has 106 valence electrons. The van der Waals surface area contributed by atoms with Crippen LogP contribution in [0.5, 0.6) is 11.5 Å². The Labute approximate surface area is 125 Å². The van der Waals surface area contributed by atoms with Gasteiger partial charge >= 0.3 is 0 Å². The van der Waals surface area contributed by atoms with Gasteiger partial charge in [0, 0.05) is 6.42 Å². The van der Waals surface area contributed by atoms with Crippen LogP contribution in [0.25, 0.3) is 0 Å². The van der Waals surface area contributed by atoms with Crippen molar-refractivity contribution < 1.29 is 14.3 Å². The molecule has 0 aliphatic rings. The zero-order chi connectivity index (χ0) is 14.4. The molecule has 1 atom stereocenters. The predicted octanol–water partition coefficient (Wildman–Crippen LogP) is 4.24. The third-order valence-electron chi connectivity index (χ3n) is 2.69. The Bertz CT molecular complexity index is 435. The van der Waals surface area contributed by atoms with Crippen molar-refractivity contribution in [3.8, 4) is 11.5 Å². The van der Waals surface area contributed by atoms with Crippen molar-refractivity contribution in [3.63, 3.8) is 0 Å². The number of carbonyl (C=O) groups excluding carboxylic acids is 1. The standard InChI is InChI=1S/C13H17Cl2O3P/c1-17-12-8(14)7-9(15)13(18-2)11(12)10(16)5-3-4-6-19/h7H,3-6,19H2,1-2H3. The summed E-state index contributed by atoms with van der Waals surface area (Å²) in [6, 6.07) is 1.51. The highest BCUT2D eigenvalue weighted by Gasteiger charge is 2.23. The maximum Gasteiger partial charge on any atom is 0.170 e.